The first kappa shape index (κ1) is 13.3. The van der Waals surface area contributed by atoms with Gasteiger partial charge in [0, 0.05) is 29.1 Å². The Kier molecular flexibility index (Phi) is 3.15. The van der Waals surface area contributed by atoms with Crippen LogP contribution in [0.4, 0.5) is 0 Å². The summed E-state index contributed by atoms with van der Waals surface area (Å²) in [5.74, 6) is 0. The van der Waals surface area contributed by atoms with Gasteiger partial charge in [0.1, 0.15) is 0 Å². The SMILES string of the molecule is CC1(C)C(O)CC1NCc1cc2ccccc2[nH]c1=O. The lowest BCUT2D eigenvalue weighted by molar-refractivity contribution is -0.0730. The zero-order chi connectivity index (χ0) is 14.3. The van der Waals surface area contributed by atoms with Crippen molar-refractivity contribution in [1.82, 2.24) is 10.3 Å². The van der Waals surface area contributed by atoms with E-state index in [1.165, 1.54) is 0 Å². The molecule has 3 N–H and O–H groups in total. The molecule has 1 saturated carbocycles. The molecule has 3 rings (SSSR count). The molecule has 0 saturated heterocycles. The monoisotopic (exact) mass is 272 g/mol. The maximum absolute atomic E-state index is 12.0. The Labute approximate surface area is 117 Å². The lowest BCUT2D eigenvalue weighted by Gasteiger charge is -2.49. The van der Waals surface area contributed by atoms with Crippen LogP contribution in [0.1, 0.15) is 25.8 Å². The summed E-state index contributed by atoms with van der Waals surface area (Å²) in [6, 6.07) is 9.95. The van der Waals surface area contributed by atoms with E-state index >= 15 is 0 Å². The van der Waals surface area contributed by atoms with Gasteiger partial charge < -0.3 is 15.4 Å². The molecule has 1 aliphatic rings. The fraction of sp³-hybridized carbons (Fsp3) is 0.438. The summed E-state index contributed by atoms with van der Waals surface area (Å²) in [5.41, 5.74) is 1.43. The van der Waals surface area contributed by atoms with E-state index in [9.17, 15) is 9.90 Å². The number of aromatic amines is 1. The van der Waals surface area contributed by atoms with Crippen molar-refractivity contribution < 1.29 is 5.11 Å². The Balaban J connectivity index is 1.78. The molecule has 4 nitrogen and oxygen atoms in total. The quantitative estimate of drug-likeness (QED) is 0.798. The Morgan fingerprint density at radius 2 is 2.15 bits per heavy atom. The smallest absolute Gasteiger partial charge is 0.252 e. The molecule has 2 unspecified atom stereocenters. The molecule has 1 heterocycles. The molecule has 1 aromatic heterocycles. The minimum atomic E-state index is -0.255. The van der Waals surface area contributed by atoms with Gasteiger partial charge >= 0.3 is 0 Å². The largest absolute Gasteiger partial charge is 0.392 e. The van der Waals surface area contributed by atoms with Gasteiger partial charge in [-0.05, 0) is 23.9 Å². The van der Waals surface area contributed by atoms with Crippen molar-refractivity contribution in [2.24, 2.45) is 5.41 Å². The van der Waals surface area contributed by atoms with E-state index in [4.69, 9.17) is 0 Å². The number of pyridine rings is 1. The molecule has 0 radical (unpaired) electrons. The highest BCUT2D eigenvalue weighted by atomic mass is 16.3. The van der Waals surface area contributed by atoms with Gasteiger partial charge in [-0.15, -0.1) is 0 Å². The van der Waals surface area contributed by atoms with Crippen molar-refractivity contribution in [3.63, 3.8) is 0 Å². The number of fused-ring (bicyclic) bond motifs is 1. The van der Waals surface area contributed by atoms with Gasteiger partial charge in [0.15, 0.2) is 0 Å². The molecule has 106 valence electrons. The van der Waals surface area contributed by atoms with Gasteiger partial charge in [-0.2, -0.15) is 0 Å². The van der Waals surface area contributed by atoms with Crippen LogP contribution in [0.5, 0.6) is 0 Å². The Bertz CT molecular complexity index is 690. The highest BCUT2D eigenvalue weighted by Crippen LogP contribution is 2.40. The fourth-order valence-corrected chi connectivity index (χ4v) is 2.81. The van der Waals surface area contributed by atoms with Crippen LogP contribution in [0.15, 0.2) is 35.1 Å². The van der Waals surface area contributed by atoms with Gasteiger partial charge in [0.05, 0.1) is 6.10 Å². The minimum Gasteiger partial charge on any atom is -0.392 e. The van der Waals surface area contributed by atoms with Gasteiger partial charge in [-0.3, -0.25) is 4.79 Å². The molecule has 0 spiro atoms. The van der Waals surface area contributed by atoms with Gasteiger partial charge in [-0.25, -0.2) is 0 Å². The van der Waals surface area contributed by atoms with Crippen molar-refractivity contribution in [2.75, 3.05) is 0 Å². The lowest BCUT2D eigenvalue weighted by Crippen LogP contribution is -2.59. The van der Waals surface area contributed by atoms with Gasteiger partial charge in [0.2, 0.25) is 0 Å². The second kappa shape index (κ2) is 4.72. The molecule has 0 bridgehead atoms. The fourth-order valence-electron chi connectivity index (χ4n) is 2.81. The zero-order valence-corrected chi connectivity index (χ0v) is 11.8. The van der Waals surface area contributed by atoms with E-state index in [0.29, 0.717) is 6.54 Å². The number of aliphatic hydroxyl groups excluding tert-OH is 1. The third kappa shape index (κ3) is 2.15. The number of para-hydroxylation sites is 1. The number of benzene rings is 1. The maximum Gasteiger partial charge on any atom is 0.252 e. The average Bonchev–Trinajstić information content (AvgIpc) is 2.43. The van der Waals surface area contributed by atoms with Crippen molar-refractivity contribution in [3.05, 3.63) is 46.2 Å². The second-order valence-electron chi connectivity index (χ2n) is 6.22. The van der Waals surface area contributed by atoms with Gasteiger partial charge in [-0.1, -0.05) is 32.0 Å². The average molecular weight is 272 g/mol. The van der Waals surface area contributed by atoms with Crippen LogP contribution in [0.25, 0.3) is 10.9 Å². The molecule has 20 heavy (non-hydrogen) atoms. The normalized spacial score (nSPS) is 24.6. The predicted molar refractivity (Wildman–Crippen MR) is 79.6 cm³/mol. The van der Waals surface area contributed by atoms with Crippen molar-refractivity contribution >= 4 is 10.9 Å². The summed E-state index contributed by atoms with van der Waals surface area (Å²) >= 11 is 0. The first-order chi connectivity index (χ1) is 9.48. The van der Waals surface area contributed by atoms with Crippen LogP contribution in [-0.4, -0.2) is 22.2 Å². The number of hydrogen-bond donors (Lipinski definition) is 3. The lowest BCUT2D eigenvalue weighted by atomic mass is 9.64. The summed E-state index contributed by atoms with van der Waals surface area (Å²) in [4.78, 5) is 14.9. The van der Waals surface area contributed by atoms with E-state index in [0.717, 1.165) is 22.9 Å². The molecule has 1 aromatic carbocycles. The highest BCUT2D eigenvalue weighted by Gasteiger charge is 2.46. The molecule has 4 heteroatoms. The zero-order valence-electron chi connectivity index (χ0n) is 11.8. The molecule has 1 aliphatic carbocycles. The third-order valence-electron chi connectivity index (χ3n) is 4.59. The first-order valence-electron chi connectivity index (χ1n) is 7.01. The number of aliphatic hydroxyl groups is 1. The Hall–Kier alpha value is -1.65. The second-order valence-corrected chi connectivity index (χ2v) is 6.22. The molecule has 0 aliphatic heterocycles. The van der Waals surface area contributed by atoms with Crippen LogP contribution in [0.3, 0.4) is 0 Å². The van der Waals surface area contributed by atoms with Crippen LogP contribution in [0.2, 0.25) is 0 Å². The molecule has 2 atom stereocenters. The maximum atomic E-state index is 12.0. The number of aromatic nitrogens is 1. The first-order valence-corrected chi connectivity index (χ1v) is 7.01. The number of nitrogens with one attached hydrogen (secondary N) is 2. The molecule has 1 fully saturated rings. The van der Waals surface area contributed by atoms with E-state index in [1.54, 1.807) is 0 Å². The van der Waals surface area contributed by atoms with Gasteiger partial charge in [0.25, 0.3) is 5.56 Å². The van der Waals surface area contributed by atoms with Crippen LogP contribution in [0, 0.1) is 5.41 Å². The van der Waals surface area contributed by atoms with E-state index in [1.807, 2.05) is 44.2 Å². The Morgan fingerprint density at radius 1 is 1.40 bits per heavy atom. The minimum absolute atomic E-state index is 0.0473. The summed E-state index contributed by atoms with van der Waals surface area (Å²) < 4.78 is 0. The number of rotatable bonds is 3. The molecule has 0 amide bonds. The van der Waals surface area contributed by atoms with Crippen LogP contribution >= 0.6 is 0 Å². The van der Waals surface area contributed by atoms with E-state index < -0.39 is 0 Å². The van der Waals surface area contributed by atoms with E-state index in [2.05, 4.69) is 10.3 Å². The third-order valence-corrected chi connectivity index (χ3v) is 4.59. The summed E-state index contributed by atoms with van der Waals surface area (Å²) in [5, 5.41) is 14.2. The van der Waals surface area contributed by atoms with Crippen molar-refractivity contribution in [1.29, 1.82) is 0 Å². The Morgan fingerprint density at radius 3 is 2.85 bits per heavy atom. The van der Waals surface area contributed by atoms with E-state index in [-0.39, 0.29) is 23.1 Å². The molecular weight excluding hydrogens is 252 g/mol. The van der Waals surface area contributed by atoms with Crippen molar-refractivity contribution in [2.45, 2.75) is 39.0 Å². The number of hydrogen-bond acceptors (Lipinski definition) is 3. The highest BCUT2D eigenvalue weighted by molar-refractivity contribution is 5.78. The van der Waals surface area contributed by atoms with Crippen LogP contribution < -0.4 is 10.9 Å². The summed E-state index contributed by atoms with van der Waals surface area (Å²) in [6.45, 7) is 4.62. The van der Waals surface area contributed by atoms with Crippen molar-refractivity contribution in [3.8, 4) is 0 Å². The van der Waals surface area contributed by atoms with Crippen LogP contribution in [-0.2, 0) is 6.54 Å². The standard InChI is InChI=1S/C16H20N2O2/c1-16(2)13(8-14(16)19)17-9-11-7-10-5-3-4-6-12(10)18-15(11)20/h3-7,13-14,17,19H,8-9H2,1-2H3,(H,18,20). The summed E-state index contributed by atoms with van der Waals surface area (Å²) in [7, 11) is 0. The summed E-state index contributed by atoms with van der Waals surface area (Å²) in [6.07, 6.45) is 0.494. The molecule has 2 aromatic rings. The number of H-pyrrole nitrogens is 1. The molecular formula is C16H20N2O2. The topological polar surface area (TPSA) is 65.1 Å². The predicted octanol–water partition coefficient (Wildman–Crippen LogP) is 1.78.